The first-order valence-corrected chi connectivity index (χ1v) is 8.49. The summed E-state index contributed by atoms with van der Waals surface area (Å²) in [5.41, 5.74) is -3.24. The number of Topliss-reactive ketones (excluding diaryl/α,β-unsaturated/α-hetero) is 3. The molecule has 0 radical (unpaired) electrons. The number of carbonyl (C=O) groups is 3. The lowest BCUT2D eigenvalue weighted by molar-refractivity contribution is -0.288. The summed E-state index contributed by atoms with van der Waals surface area (Å²) in [6, 6.07) is 0. The lowest BCUT2D eigenvalue weighted by atomic mass is 9.78. The van der Waals surface area contributed by atoms with Gasteiger partial charge in [0.05, 0.1) is 0 Å². The van der Waals surface area contributed by atoms with Gasteiger partial charge >= 0.3 is 0 Å². The molecule has 2 unspecified atom stereocenters. The Morgan fingerprint density at radius 1 is 0.875 bits per heavy atom. The van der Waals surface area contributed by atoms with E-state index in [1.165, 1.54) is 0 Å². The Morgan fingerprint density at radius 2 is 1.33 bits per heavy atom. The van der Waals surface area contributed by atoms with Gasteiger partial charge in [-0.15, -0.1) is 0 Å². The number of carbonyl (C=O) groups excluding carboxylic acids is 3. The second kappa shape index (κ2) is 9.98. The number of hydrogen-bond donors (Lipinski definition) is 4. The van der Waals surface area contributed by atoms with Gasteiger partial charge in [-0.1, -0.05) is 39.5 Å². The van der Waals surface area contributed by atoms with Crippen LogP contribution >= 0.6 is 0 Å². The number of aliphatic hydroxyl groups excluding tert-OH is 1. The molecule has 0 fully saturated rings. The van der Waals surface area contributed by atoms with Crippen molar-refractivity contribution in [2.24, 2.45) is 0 Å². The highest BCUT2D eigenvalue weighted by molar-refractivity contribution is 6.11. The van der Waals surface area contributed by atoms with Crippen LogP contribution in [0.5, 0.6) is 0 Å². The molecule has 7 nitrogen and oxygen atoms in total. The minimum absolute atomic E-state index is 0.143. The highest BCUT2D eigenvalue weighted by Gasteiger charge is 2.62. The molecule has 0 heterocycles. The highest BCUT2D eigenvalue weighted by atomic mass is 16.6. The Labute approximate surface area is 142 Å². The number of rotatable bonds is 13. The molecule has 140 valence electrons. The van der Waals surface area contributed by atoms with Crippen molar-refractivity contribution in [3.05, 3.63) is 0 Å². The summed E-state index contributed by atoms with van der Waals surface area (Å²) in [4.78, 5) is 35.9. The molecule has 0 saturated carbocycles. The van der Waals surface area contributed by atoms with E-state index in [9.17, 15) is 34.8 Å². The molecule has 2 atom stereocenters. The van der Waals surface area contributed by atoms with Gasteiger partial charge in [-0.2, -0.15) is 0 Å². The average molecular weight is 346 g/mol. The summed E-state index contributed by atoms with van der Waals surface area (Å²) in [6.45, 7) is 4.61. The van der Waals surface area contributed by atoms with Crippen LogP contribution in [0, 0.1) is 0 Å². The Bertz CT molecular complexity index is 444. The van der Waals surface area contributed by atoms with Crippen LogP contribution in [0.25, 0.3) is 0 Å². The van der Waals surface area contributed by atoms with Gasteiger partial charge < -0.3 is 20.4 Å². The highest BCUT2D eigenvalue weighted by Crippen LogP contribution is 2.29. The van der Waals surface area contributed by atoms with Gasteiger partial charge in [0.15, 0.2) is 23.5 Å². The van der Waals surface area contributed by atoms with E-state index in [-0.39, 0.29) is 12.8 Å². The van der Waals surface area contributed by atoms with E-state index in [1.807, 2.05) is 13.8 Å². The fourth-order valence-electron chi connectivity index (χ4n) is 2.49. The van der Waals surface area contributed by atoms with Crippen LogP contribution in [0.2, 0.25) is 0 Å². The first kappa shape index (κ1) is 22.9. The fourth-order valence-corrected chi connectivity index (χ4v) is 2.49. The molecule has 4 N–H and O–H groups in total. The van der Waals surface area contributed by atoms with Crippen molar-refractivity contribution in [3.63, 3.8) is 0 Å². The standard InChI is InChI=1S/C17H30O7/c1-4-6-8-10-13(19)15(21)17(23,24)16(22,12(3)18)14(20)11-9-7-5-2/h15,21-24H,4-11H2,1-3H3. The molecular formula is C17H30O7. The predicted octanol–water partition coefficient (Wildman–Crippen LogP) is 0.647. The minimum Gasteiger partial charge on any atom is -0.380 e. The van der Waals surface area contributed by atoms with Gasteiger partial charge in [0.2, 0.25) is 11.4 Å². The molecule has 0 aromatic rings. The first-order valence-electron chi connectivity index (χ1n) is 8.49. The van der Waals surface area contributed by atoms with E-state index in [1.54, 1.807) is 0 Å². The van der Waals surface area contributed by atoms with E-state index in [4.69, 9.17) is 0 Å². The van der Waals surface area contributed by atoms with Gasteiger partial charge in [0.25, 0.3) is 0 Å². The SMILES string of the molecule is CCCCCC(=O)C(O)C(O)(O)C(O)(C(C)=O)C(=O)CCCCC. The third-order valence-corrected chi connectivity index (χ3v) is 4.17. The molecule has 0 saturated heterocycles. The van der Waals surface area contributed by atoms with Crippen LogP contribution in [0.3, 0.4) is 0 Å². The van der Waals surface area contributed by atoms with Crippen LogP contribution in [0.15, 0.2) is 0 Å². The van der Waals surface area contributed by atoms with Crippen LogP contribution in [0.4, 0.5) is 0 Å². The Hall–Kier alpha value is -1.15. The van der Waals surface area contributed by atoms with Crippen molar-refractivity contribution in [1.29, 1.82) is 0 Å². The summed E-state index contributed by atoms with van der Waals surface area (Å²) < 4.78 is 0. The average Bonchev–Trinajstić information content (AvgIpc) is 2.52. The Balaban J connectivity index is 5.33. The van der Waals surface area contributed by atoms with Crippen molar-refractivity contribution in [2.75, 3.05) is 0 Å². The molecule has 24 heavy (non-hydrogen) atoms. The van der Waals surface area contributed by atoms with Gasteiger partial charge in [-0.25, -0.2) is 0 Å². The first-order chi connectivity index (χ1) is 11.1. The van der Waals surface area contributed by atoms with Crippen molar-refractivity contribution < 1.29 is 34.8 Å². The molecular weight excluding hydrogens is 316 g/mol. The molecule has 7 heteroatoms. The molecule has 0 aliphatic carbocycles. The van der Waals surface area contributed by atoms with Crippen molar-refractivity contribution in [2.45, 2.75) is 89.6 Å². The number of ketones is 3. The number of unbranched alkanes of at least 4 members (excludes halogenated alkanes) is 4. The third kappa shape index (κ3) is 5.17. The number of aliphatic hydroxyl groups is 4. The zero-order chi connectivity index (χ0) is 19.0. The normalized spacial score (nSPS) is 15.6. The van der Waals surface area contributed by atoms with Crippen molar-refractivity contribution >= 4 is 17.3 Å². The van der Waals surface area contributed by atoms with E-state index >= 15 is 0 Å². The van der Waals surface area contributed by atoms with Crippen LogP contribution < -0.4 is 0 Å². The zero-order valence-corrected chi connectivity index (χ0v) is 14.7. The van der Waals surface area contributed by atoms with Gasteiger partial charge in [-0.3, -0.25) is 14.4 Å². The summed E-state index contributed by atoms with van der Waals surface area (Å²) in [6.07, 6.45) is 0.885. The lowest BCUT2D eigenvalue weighted by Gasteiger charge is -2.38. The lowest BCUT2D eigenvalue weighted by Crippen LogP contribution is -2.70. The van der Waals surface area contributed by atoms with E-state index in [0.717, 1.165) is 19.8 Å². The molecule has 0 aliphatic heterocycles. The maximum absolute atomic E-state index is 12.2. The molecule has 0 aromatic carbocycles. The molecule has 0 aromatic heterocycles. The Kier molecular flexibility index (Phi) is 9.50. The van der Waals surface area contributed by atoms with Crippen LogP contribution in [-0.4, -0.2) is 55.3 Å². The Morgan fingerprint density at radius 3 is 1.75 bits per heavy atom. The monoisotopic (exact) mass is 346 g/mol. The molecule has 0 bridgehead atoms. The van der Waals surface area contributed by atoms with Crippen LogP contribution in [-0.2, 0) is 14.4 Å². The van der Waals surface area contributed by atoms with Gasteiger partial charge in [-0.05, 0) is 19.8 Å². The summed E-state index contributed by atoms with van der Waals surface area (Å²) in [7, 11) is 0. The van der Waals surface area contributed by atoms with Gasteiger partial charge in [0, 0.05) is 12.8 Å². The van der Waals surface area contributed by atoms with E-state index in [2.05, 4.69) is 0 Å². The number of hydrogen-bond acceptors (Lipinski definition) is 7. The molecule has 0 aliphatic rings. The quantitative estimate of drug-likeness (QED) is 0.219. The van der Waals surface area contributed by atoms with Crippen LogP contribution in [0.1, 0.15) is 72.1 Å². The minimum atomic E-state index is -3.56. The zero-order valence-electron chi connectivity index (χ0n) is 14.7. The summed E-state index contributed by atoms with van der Waals surface area (Å²) in [5, 5.41) is 40.5. The third-order valence-electron chi connectivity index (χ3n) is 4.17. The predicted molar refractivity (Wildman–Crippen MR) is 87.1 cm³/mol. The van der Waals surface area contributed by atoms with Gasteiger partial charge in [0.1, 0.15) is 0 Å². The second-order valence-electron chi connectivity index (χ2n) is 6.20. The maximum atomic E-state index is 12.2. The summed E-state index contributed by atoms with van der Waals surface area (Å²) in [5.74, 6) is -6.84. The van der Waals surface area contributed by atoms with E-state index in [0.29, 0.717) is 25.7 Å². The fraction of sp³-hybridized carbons (Fsp3) is 0.824. The molecule has 0 amide bonds. The molecule has 0 rings (SSSR count). The van der Waals surface area contributed by atoms with Crippen molar-refractivity contribution in [3.8, 4) is 0 Å². The topological polar surface area (TPSA) is 132 Å². The maximum Gasteiger partial charge on any atom is 0.241 e. The second-order valence-corrected chi connectivity index (χ2v) is 6.20. The summed E-state index contributed by atoms with van der Waals surface area (Å²) >= 11 is 0. The molecule has 0 spiro atoms. The van der Waals surface area contributed by atoms with Crippen molar-refractivity contribution in [1.82, 2.24) is 0 Å². The largest absolute Gasteiger partial charge is 0.380 e. The smallest absolute Gasteiger partial charge is 0.241 e. The van der Waals surface area contributed by atoms with E-state index < -0.39 is 34.8 Å².